The summed E-state index contributed by atoms with van der Waals surface area (Å²) < 4.78 is 6.24. The molecule has 3 nitrogen and oxygen atoms in total. The van der Waals surface area contributed by atoms with Crippen LogP contribution in [0.3, 0.4) is 0 Å². The Morgan fingerprint density at radius 2 is 2.36 bits per heavy atom. The molecule has 0 heterocycles. The van der Waals surface area contributed by atoms with E-state index in [-0.39, 0.29) is 0 Å². The van der Waals surface area contributed by atoms with E-state index in [4.69, 9.17) is 4.74 Å². The van der Waals surface area contributed by atoms with Crippen molar-refractivity contribution in [2.45, 2.75) is 18.9 Å². The van der Waals surface area contributed by atoms with E-state index in [1.807, 2.05) is 0 Å². The Morgan fingerprint density at radius 1 is 1.64 bits per heavy atom. The zero-order valence-corrected chi connectivity index (χ0v) is 9.92. The van der Waals surface area contributed by atoms with Crippen molar-refractivity contribution in [3.05, 3.63) is 11.1 Å². The number of rotatable bonds is 8. The normalized spacial score (nSPS) is 18.1. The van der Waals surface area contributed by atoms with Crippen molar-refractivity contribution in [3.63, 3.8) is 0 Å². The lowest BCUT2D eigenvalue weighted by molar-refractivity contribution is 0.0330. The van der Waals surface area contributed by atoms with Gasteiger partial charge in [-0.15, -0.1) is 0 Å². The van der Waals surface area contributed by atoms with Crippen molar-refractivity contribution in [2.24, 2.45) is 5.92 Å². The molecule has 82 valence electrons. The minimum absolute atomic E-state index is 0.416. The topological polar surface area (TPSA) is 41.5 Å². The zero-order chi connectivity index (χ0) is 10.4. The molecule has 0 aromatic carbocycles. The molecule has 0 spiro atoms. The third-order valence-corrected chi connectivity index (χ3v) is 2.34. The van der Waals surface area contributed by atoms with Gasteiger partial charge >= 0.3 is 0 Å². The molecular formula is C10H18BrNO2. The van der Waals surface area contributed by atoms with Gasteiger partial charge in [-0.1, -0.05) is 22.5 Å². The molecular weight excluding hydrogens is 246 g/mol. The summed E-state index contributed by atoms with van der Waals surface area (Å²) in [7, 11) is 0. The van der Waals surface area contributed by atoms with Gasteiger partial charge in [-0.3, -0.25) is 0 Å². The summed E-state index contributed by atoms with van der Waals surface area (Å²) in [6, 6.07) is 0. The Kier molecular flexibility index (Phi) is 5.70. The highest BCUT2D eigenvalue weighted by atomic mass is 79.9. The first-order valence-electron chi connectivity index (χ1n) is 4.98. The fraction of sp³-hybridized carbons (Fsp3) is 0.800. The average Bonchev–Trinajstić information content (AvgIpc) is 2.87. The Bertz CT molecular complexity index is 183. The summed E-state index contributed by atoms with van der Waals surface area (Å²) in [5.74, 6) is 0.762. The van der Waals surface area contributed by atoms with E-state index >= 15 is 0 Å². The van der Waals surface area contributed by atoms with E-state index in [0.29, 0.717) is 19.7 Å². The maximum atomic E-state index is 9.46. The van der Waals surface area contributed by atoms with E-state index in [1.165, 1.54) is 12.8 Å². The molecule has 1 aliphatic rings. The highest BCUT2D eigenvalue weighted by Gasteiger charge is 2.21. The predicted octanol–water partition coefficient (Wildman–Crippen LogP) is 1.27. The van der Waals surface area contributed by atoms with Crippen LogP contribution in [-0.4, -0.2) is 37.5 Å². The number of aliphatic hydroxyl groups is 1. The molecule has 0 aromatic heterocycles. The maximum Gasteiger partial charge on any atom is 0.0897 e. The smallest absolute Gasteiger partial charge is 0.0897 e. The molecule has 1 fully saturated rings. The minimum Gasteiger partial charge on any atom is -0.389 e. The van der Waals surface area contributed by atoms with Crippen molar-refractivity contribution in [1.82, 2.24) is 5.32 Å². The third-order valence-electron chi connectivity index (χ3n) is 2.06. The number of halogens is 1. The van der Waals surface area contributed by atoms with Crippen LogP contribution in [0, 0.1) is 5.92 Å². The first-order chi connectivity index (χ1) is 6.68. The van der Waals surface area contributed by atoms with Crippen LogP contribution in [0.1, 0.15) is 12.8 Å². The van der Waals surface area contributed by atoms with Crippen molar-refractivity contribution in [3.8, 4) is 0 Å². The second-order valence-corrected chi connectivity index (χ2v) is 4.90. The molecule has 1 rings (SSSR count). The van der Waals surface area contributed by atoms with Crippen LogP contribution >= 0.6 is 15.9 Å². The second kappa shape index (κ2) is 6.56. The lowest BCUT2D eigenvalue weighted by atomic mass is 10.3. The van der Waals surface area contributed by atoms with Crippen LogP contribution in [-0.2, 0) is 4.74 Å². The average molecular weight is 264 g/mol. The number of ether oxygens (including phenoxy) is 1. The summed E-state index contributed by atoms with van der Waals surface area (Å²) in [4.78, 5) is 0. The molecule has 0 aromatic rings. The van der Waals surface area contributed by atoms with Crippen molar-refractivity contribution < 1.29 is 9.84 Å². The van der Waals surface area contributed by atoms with E-state index in [1.54, 1.807) is 0 Å². The van der Waals surface area contributed by atoms with Gasteiger partial charge in [0.15, 0.2) is 0 Å². The number of nitrogens with one attached hydrogen (secondary N) is 1. The van der Waals surface area contributed by atoms with Gasteiger partial charge < -0.3 is 15.2 Å². The minimum atomic E-state index is -0.416. The molecule has 4 heteroatoms. The SMILES string of the molecule is C=C(Br)CNCC(O)COCC1CC1. The molecule has 0 radical (unpaired) electrons. The van der Waals surface area contributed by atoms with E-state index in [9.17, 15) is 5.11 Å². The van der Waals surface area contributed by atoms with E-state index in [2.05, 4.69) is 27.8 Å². The Labute approximate surface area is 93.7 Å². The van der Waals surface area contributed by atoms with Gasteiger partial charge in [0.05, 0.1) is 12.7 Å². The summed E-state index contributed by atoms with van der Waals surface area (Å²) in [5, 5.41) is 12.5. The quantitative estimate of drug-likeness (QED) is 0.693. The van der Waals surface area contributed by atoms with Gasteiger partial charge in [0.2, 0.25) is 0 Å². The van der Waals surface area contributed by atoms with Gasteiger partial charge in [-0.2, -0.15) is 0 Å². The first kappa shape index (κ1) is 12.2. The molecule has 14 heavy (non-hydrogen) atoms. The highest BCUT2D eigenvalue weighted by molar-refractivity contribution is 9.11. The van der Waals surface area contributed by atoms with Gasteiger partial charge in [0.1, 0.15) is 0 Å². The molecule has 1 aliphatic carbocycles. The zero-order valence-electron chi connectivity index (χ0n) is 8.34. The molecule has 0 bridgehead atoms. The van der Waals surface area contributed by atoms with Crippen molar-refractivity contribution in [2.75, 3.05) is 26.3 Å². The monoisotopic (exact) mass is 263 g/mol. The van der Waals surface area contributed by atoms with E-state index < -0.39 is 6.10 Å². The standard InChI is InChI=1S/C10H18BrNO2/c1-8(11)4-12-5-10(13)7-14-6-9-2-3-9/h9-10,12-13H,1-7H2. The molecule has 0 amide bonds. The fourth-order valence-corrected chi connectivity index (χ4v) is 1.29. The summed E-state index contributed by atoms with van der Waals surface area (Å²) >= 11 is 3.23. The first-order valence-corrected chi connectivity index (χ1v) is 5.77. The van der Waals surface area contributed by atoms with Crippen LogP contribution < -0.4 is 5.32 Å². The number of aliphatic hydroxyl groups excluding tert-OH is 1. The fourth-order valence-electron chi connectivity index (χ4n) is 1.09. The lowest BCUT2D eigenvalue weighted by Gasteiger charge is -2.11. The Balaban J connectivity index is 1.86. The van der Waals surface area contributed by atoms with Gasteiger partial charge in [0.25, 0.3) is 0 Å². The van der Waals surface area contributed by atoms with Crippen LogP contribution in [0.2, 0.25) is 0 Å². The largest absolute Gasteiger partial charge is 0.389 e. The molecule has 0 aliphatic heterocycles. The van der Waals surface area contributed by atoms with Crippen LogP contribution in [0.4, 0.5) is 0 Å². The second-order valence-electron chi connectivity index (χ2n) is 3.78. The Hall–Kier alpha value is 0.1000. The highest BCUT2D eigenvalue weighted by Crippen LogP contribution is 2.28. The van der Waals surface area contributed by atoms with E-state index in [0.717, 1.165) is 17.0 Å². The Morgan fingerprint density at radius 3 is 2.93 bits per heavy atom. The molecule has 1 unspecified atom stereocenters. The number of hydrogen-bond acceptors (Lipinski definition) is 3. The third kappa shape index (κ3) is 6.54. The van der Waals surface area contributed by atoms with Crippen LogP contribution in [0.5, 0.6) is 0 Å². The van der Waals surface area contributed by atoms with Crippen LogP contribution in [0.25, 0.3) is 0 Å². The van der Waals surface area contributed by atoms with Crippen molar-refractivity contribution in [1.29, 1.82) is 0 Å². The van der Waals surface area contributed by atoms with Gasteiger partial charge in [-0.25, -0.2) is 0 Å². The molecule has 2 N–H and O–H groups in total. The summed E-state index contributed by atoms with van der Waals surface area (Å²) in [6.45, 7) is 6.15. The van der Waals surface area contributed by atoms with Gasteiger partial charge in [-0.05, 0) is 18.8 Å². The molecule has 0 saturated heterocycles. The maximum absolute atomic E-state index is 9.46. The summed E-state index contributed by atoms with van der Waals surface area (Å²) in [6.07, 6.45) is 2.16. The predicted molar refractivity (Wildman–Crippen MR) is 60.5 cm³/mol. The lowest BCUT2D eigenvalue weighted by Crippen LogP contribution is -2.31. The molecule has 1 atom stereocenters. The van der Waals surface area contributed by atoms with Crippen LogP contribution in [0.15, 0.2) is 11.1 Å². The van der Waals surface area contributed by atoms with Gasteiger partial charge in [0, 0.05) is 24.2 Å². The number of hydrogen-bond donors (Lipinski definition) is 2. The molecule has 1 saturated carbocycles. The van der Waals surface area contributed by atoms with Crippen molar-refractivity contribution >= 4 is 15.9 Å². The summed E-state index contributed by atoms with van der Waals surface area (Å²) in [5.41, 5.74) is 0.